The van der Waals surface area contributed by atoms with E-state index in [2.05, 4.69) is 16.0 Å². The molecule has 0 aliphatic carbocycles. The fourth-order valence-corrected chi connectivity index (χ4v) is 13.8. The van der Waals surface area contributed by atoms with Crippen molar-refractivity contribution >= 4 is 64.7 Å². The molecule has 8 amide bonds. The largest absolute Gasteiger partial charge is 0.445 e. The van der Waals surface area contributed by atoms with Gasteiger partial charge in [0.1, 0.15) is 18.4 Å². The van der Waals surface area contributed by atoms with Crippen LogP contribution in [0.3, 0.4) is 0 Å². The molecule has 2 saturated heterocycles. The lowest BCUT2D eigenvalue weighted by atomic mass is 9.83. The van der Waals surface area contributed by atoms with Gasteiger partial charge in [-0.2, -0.15) is 13.2 Å². The number of ketones is 3. The molecule has 98 heavy (non-hydrogen) atoms. The summed E-state index contributed by atoms with van der Waals surface area (Å²) < 4.78 is 61.4. The number of unbranched alkanes of at least 4 members (excludes halogenated alkanes) is 2. The number of Topliss-reactive ketones (excluding diaryl/α,β-unsaturated/α-hetero) is 3. The Balaban J connectivity index is 1.40. The van der Waals surface area contributed by atoms with Gasteiger partial charge in [0, 0.05) is 103 Å². The molecule has 0 bridgehead atoms. The molecule has 2 aromatic carbocycles. The van der Waals surface area contributed by atoms with Gasteiger partial charge < -0.3 is 50.4 Å². The van der Waals surface area contributed by atoms with Crippen LogP contribution in [0.25, 0.3) is 0 Å². The number of methoxy groups -OCH3 is 2. The third-order valence-corrected chi connectivity index (χ3v) is 19.8. The number of ether oxygens (including phenoxy) is 3. The summed E-state index contributed by atoms with van der Waals surface area (Å²) in [5, 5.41) is 18.8. The van der Waals surface area contributed by atoms with Crippen LogP contribution >= 0.6 is 0 Å². The zero-order chi connectivity index (χ0) is 73.5. The third kappa shape index (κ3) is 24.2. The predicted octanol–water partition coefficient (Wildman–Crippen LogP) is 10.2. The lowest BCUT2D eigenvalue weighted by Crippen LogP contribution is -2.54. The Morgan fingerprint density at radius 1 is 0.755 bits per heavy atom. The highest BCUT2D eigenvalue weighted by Crippen LogP contribution is 2.34. The van der Waals surface area contributed by atoms with E-state index in [1.54, 1.807) is 89.8 Å². The highest BCUT2D eigenvalue weighted by atomic mass is 19.4. The van der Waals surface area contributed by atoms with Crippen molar-refractivity contribution in [1.82, 2.24) is 30.2 Å². The van der Waals surface area contributed by atoms with E-state index in [1.165, 1.54) is 19.1 Å². The maximum absolute atomic E-state index is 14.9. The molecule has 2 heterocycles. The number of aliphatic hydroxyl groups excluding tert-OH is 1. The molecule has 2 aliphatic rings. The van der Waals surface area contributed by atoms with E-state index < -0.39 is 120 Å². The van der Waals surface area contributed by atoms with E-state index in [0.29, 0.717) is 49.9 Å². The normalized spacial score (nSPS) is 18.8. The zero-order valence-electron chi connectivity index (χ0n) is 60.5. The third-order valence-electron chi connectivity index (χ3n) is 19.8. The number of nitrogens with zero attached hydrogens (tertiary/aromatic N) is 4. The van der Waals surface area contributed by atoms with Crippen LogP contribution < -0.4 is 21.7 Å². The summed E-state index contributed by atoms with van der Waals surface area (Å²) in [5.41, 5.74) is 6.76. The summed E-state index contributed by atoms with van der Waals surface area (Å²) in [6.45, 7) is 20.1. The Kier molecular flexibility index (Phi) is 34.0. The number of amides is 8. The average Bonchev–Trinajstić information content (AvgIpc) is 1.75. The van der Waals surface area contributed by atoms with E-state index in [9.17, 15) is 66.2 Å². The number of rotatable bonds is 42. The second-order valence-corrected chi connectivity index (χ2v) is 28.3. The topological polar surface area (TPSA) is 294 Å². The van der Waals surface area contributed by atoms with Gasteiger partial charge in [-0.1, -0.05) is 138 Å². The van der Waals surface area contributed by atoms with Gasteiger partial charge >= 0.3 is 18.3 Å². The van der Waals surface area contributed by atoms with Crippen LogP contribution in [-0.4, -0.2) is 180 Å². The number of hydrogen-bond donors (Lipinski definition) is 5. The van der Waals surface area contributed by atoms with Crippen LogP contribution in [0, 0.1) is 53.3 Å². The van der Waals surface area contributed by atoms with Gasteiger partial charge in [-0.3, -0.25) is 48.6 Å². The number of benzene rings is 2. The highest BCUT2D eigenvalue weighted by molar-refractivity contribution is 6.03. The van der Waals surface area contributed by atoms with E-state index in [-0.39, 0.29) is 124 Å². The number of urea groups is 1. The number of carbonyl (C=O) groups excluding carboxylic acids is 10. The molecule has 2 aromatic rings. The summed E-state index contributed by atoms with van der Waals surface area (Å²) in [4.78, 5) is 141. The average molecular weight is 1380 g/mol. The standard InChI is InChI=1S/C73H113F3N8O14/c1-16-46(8)65(59(96-14)41-62(89)83-36-24-28-55(83)67(97-15)49(11)56(85)37-47(9)66(90)51-25-19-17-20-26-51)81(12)70(93)54(43(2)3)40-58(87)64(45(6)7)82(13)72(95)98-42-50-30-32-53(33-31-50)79-68(91)52(27-23-34-78-71(77)94)39-57(86)63(44(4)5)80-60(73(74,75)76)29-21-18-22-35-84-61(88)38-48(10)69(84)92/h17,19-20,25-26,30-33,43-49,52,54-55,59-60,63-67,80,90H,16,18,21-24,27-29,34-42H2,1-15H3,(H,79,91)(H3,77,78,94)/t46-,47-,48?,49-,52+,54-,55-,59+,60-,63-,64-,65-,66+,67+/m0/s1. The smallest absolute Gasteiger partial charge is 0.410 e. The lowest BCUT2D eigenvalue weighted by molar-refractivity contribution is -0.161. The molecule has 0 saturated carbocycles. The molecule has 0 radical (unpaired) electrons. The molecule has 0 aromatic heterocycles. The molecule has 4 rings (SSSR count). The highest BCUT2D eigenvalue weighted by Gasteiger charge is 2.46. The molecule has 22 nitrogen and oxygen atoms in total. The van der Waals surface area contributed by atoms with Gasteiger partial charge in [-0.05, 0) is 91.4 Å². The van der Waals surface area contributed by atoms with Crippen LogP contribution in [0.4, 0.5) is 28.4 Å². The number of aliphatic hydroxyl groups is 1. The van der Waals surface area contributed by atoms with Crippen molar-refractivity contribution in [3.8, 4) is 0 Å². The van der Waals surface area contributed by atoms with Crippen LogP contribution in [0.15, 0.2) is 54.6 Å². The van der Waals surface area contributed by atoms with Crippen molar-refractivity contribution in [3.05, 3.63) is 65.7 Å². The van der Waals surface area contributed by atoms with Gasteiger partial charge in [-0.15, -0.1) is 0 Å². The number of anilines is 1. The Hall–Kier alpha value is -6.83. The number of carbonyl (C=O) groups is 10. The van der Waals surface area contributed by atoms with Crippen molar-refractivity contribution in [2.75, 3.05) is 53.3 Å². The Labute approximate surface area is 578 Å². The minimum absolute atomic E-state index is 0.0601. The van der Waals surface area contributed by atoms with Crippen LogP contribution in [0.5, 0.6) is 0 Å². The molecule has 25 heteroatoms. The number of likely N-dealkylation sites (tertiary alicyclic amines) is 2. The van der Waals surface area contributed by atoms with Crippen LogP contribution in [0.1, 0.15) is 183 Å². The van der Waals surface area contributed by atoms with E-state index in [4.69, 9.17) is 19.9 Å². The lowest BCUT2D eigenvalue weighted by Gasteiger charge is -2.41. The molecule has 1 unspecified atom stereocenters. The first-order valence-corrected chi connectivity index (χ1v) is 35.0. The van der Waals surface area contributed by atoms with E-state index in [0.717, 1.165) is 10.5 Å². The van der Waals surface area contributed by atoms with E-state index in [1.807, 2.05) is 65.0 Å². The first-order chi connectivity index (χ1) is 46.1. The van der Waals surface area contributed by atoms with Crippen molar-refractivity contribution in [2.45, 2.75) is 227 Å². The first-order valence-electron chi connectivity index (χ1n) is 35.0. The molecule has 550 valence electrons. The number of imide groups is 1. The number of nitrogens with two attached hydrogens (primary N) is 1. The van der Waals surface area contributed by atoms with Crippen LogP contribution in [0.2, 0.25) is 0 Å². The predicted molar refractivity (Wildman–Crippen MR) is 366 cm³/mol. The second-order valence-electron chi connectivity index (χ2n) is 28.3. The minimum atomic E-state index is -4.73. The summed E-state index contributed by atoms with van der Waals surface area (Å²) >= 11 is 0. The maximum Gasteiger partial charge on any atom is 0.410 e. The molecule has 0 spiro atoms. The molecule has 2 fully saturated rings. The van der Waals surface area contributed by atoms with Crippen molar-refractivity contribution in [2.24, 2.45) is 59.0 Å². The van der Waals surface area contributed by atoms with E-state index >= 15 is 0 Å². The summed E-state index contributed by atoms with van der Waals surface area (Å²) in [7, 11) is 6.17. The summed E-state index contributed by atoms with van der Waals surface area (Å²) in [6, 6.07) is 9.31. The zero-order valence-corrected chi connectivity index (χ0v) is 60.5. The second kappa shape index (κ2) is 39.8. The number of nitrogens with one attached hydrogen (secondary N) is 3. The fourth-order valence-electron chi connectivity index (χ4n) is 13.8. The number of halogens is 3. The van der Waals surface area contributed by atoms with Crippen molar-refractivity contribution < 1.29 is 80.4 Å². The molecular weight excluding hydrogens is 1270 g/mol. The number of alkyl halides is 3. The Bertz CT molecular complexity index is 2940. The summed E-state index contributed by atoms with van der Waals surface area (Å²) in [6.07, 6.45) is -5.65. The van der Waals surface area contributed by atoms with Gasteiger partial charge in [-0.25, -0.2) is 9.59 Å². The van der Waals surface area contributed by atoms with Gasteiger partial charge in [0.15, 0.2) is 11.6 Å². The first kappa shape index (κ1) is 83.6. The molecule has 2 aliphatic heterocycles. The maximum atomic E-state index is 14.9. The van der Waals surface area contributed by atoms with Crippen LogP contribution in [-0.2, 0) is 59.2 Å². The SMILES string of the molecule is CC[C@H](C)[C@@H]([C@@H](CC(=O)N1CCC[C@H]1[C@H](OC)[C@@H](C)C(=O)C[C@H](C)[C@@H](O)c1ccccc1)OC)N(C)C(=O)[C@@H](CC(=O)[C@H](C(C)C)N(C)C(=O)OCc1ccc(NC(=O)[C@H](CCCNC(N)=O)CC(=O)[C@@H](N[C@@H](CCCCCN2C(=O)CC(C)C2=O)C(F)(F)F)C(C)C)cc1)C(C)C. The van der Waals surface area contributed by atoms with Gasteiger partial charge in [0.2, 0.25) is 29.5 Å². The van der Waals surface area contributed by atoms with Crippen molar-refractivity contribution in [3.63, 3.8) is 0 Å². The molecule has 14 atom stereocenters. The quantitative estimate of drug-likeness (QED) is 0.0305. The Morgan fingerprint density at radius 2 is 1.41 bits per heavy atom. The fraction of sp³-hybridized carbons (Fsp3) is 0.699. The van der Waals surface area contributed by atoms with Gasteiger partial charge in [0.05, 0.1) is 48.9 Å². The molecular formula is C73H113F3N8O14. The summed E-state index contributed by atoms with van der Waals surface area (Å²) in [5.74, 6) is -7.54. The molecule has 6 N–H and O–H groups in total. The number of hydrogen-bond acceptors (Lipinski definition) is 15. The van der Waals surface area contributed by atoms with Crippen molar-refractivity contribution in [1.29, 1.82) is 0 Å². The Morgan fingerprint density at radius 3 is 1.96 bits per heavy atom. The van der Waals surface area contributed by atoms with Gasteiger partial charge in [0.25, 0.3) is 0 Å². The number of primary amides is 1. The number of likely N-dealkylation sites (N-methyl/N-ethyl adjacent to an activating group) is 2. The minimum Gasteiger partial charge on any atom is -0.445 e. The monoisotopic (exact) mass is 1380 g/mol.